The second-order valence-electron chi connectivity index (χ2n) is 5.50. The van der Waals surface area contributed by atoms with Crippen LogP contribution in [-0.4, -0.2) is 22.1 Å². The Morgan fingerprint density at radius 3 is 2.61 bits per heavy atom. The first-order valence-electron chi connectivity index (χ1n) is 8.17. The molecule has 0 spiro atoms. The van der Waals surface area contributed by atoms with Crippen LogP contribution >= 0.6 is 0 Å². The van der Waals surface area contributed by atoms with E-state index in [-0.39, 0.29) is 11.5 Å². The second kappa shape index (κ2) is 9.08. The molecule has 0 fully saturated rings. The van der Waals surface area contributed by atoms with Crippen LogP contribution in [0.2, 0.25) is 0 Å². The number of nitrogens with zero attached hydrogens (tertiary/aromatic N) is 3. The molecule has 5 heteroatoms. The number of ether oxygens (including phenoxy) is 1. The number of hydrogen-bond acceptors (Lipinski definition) is 3. The minimum atomic E-state index is -0.305. The Morgan fingerprint density at radius 1 is 1.17 bits per heavy atom. The Balaban J connectivity index is 1.92. The van der Waals surface area contributed by atoms with Gasteiger partial charge in [-0.15, -0.1) is 5.10 Å². The Kier molecular flexibility index (Phi) is 6.78. The molecule has 124 valence electrons. The number of aromatic nitrogens is 3. The van der Waals surface area contributed by atoms with E-state index in [4.69, 9.17) is 4.74 Å². The zero-order chi connectivity index (χ0) is 16.5. The van der Waals surface area contributed by atoms with Crippen LogP contribution in [0.5, 0.6) is 5.75 Å². The van der Waals surface area contributed by atoms with Crippen LogP contribution in [0.15, 0.2) is 36.5 Å². The number of unbranched alkanes of at least 4 members (excludes halogenated alkanes) is 5. The molecular weight excluding hydrogens is 293 g/mol. The first kappa shape index (κ1) is 17.2. The van der Waals surface area contributed by atoms with Gasteiger partial charge >= 0.3 is 0 Å². The molecule has 0 N–H and O–H groups in total. The van der Waals surface area contributed by atoms with Crippen LogP contribution in [0, 0.1) is 0 Å². The molecule has 0 atom stereocenters. The molecular formula is C18H24FN3O. The van der Waals surface area contributed by atoms with Gasteiger partial charge in [-0.1, -0.05) is 37.8 Å². The maximum absolute atomic E-state index is 14.1. The van der Waals surface area contributed by atoms with Crippen LogP contribution in [0.4, 0.5) is 4.39 Å². The highest BCUT2D eigenvalue weighted by Gasteiger charge is 2.07. The number of methoxy groups -OCH3 is 1. The first-order chi connectivity index (χ1) is 11.2. The van der Waals surface area contributed by atoms with Crippen molar-refractivity contribution in [1.82, 2.24) is 15.0 Å². The maximum Gasteiger partial charge on any atom is 0.148 e. The van der Waals surface area contributed by atoms with Gasteiger partial charge in [0.25, 0.3) is 0 Å². The Labute approximate surface area is 137 Å². The summed E-state index contributed by atoms with van der Waals surface area (Å²) < 4.78 is 20.8. The van der Waals surface area contributed by atoms with Crippen molar-refractivity contribution in [3.05, 3.63) is 42.2 Å². The Bertz CT molecular complexity index is 619. The van der Waals surface area contributed by atoms with Gasteiger partial charge < -0.3 is 4.74 Å². The molecule has 0 amide bonds. The van der Waals surface area contributed by atoms with E-state index in [0.29, 0.717) is 0 Å². The molecule has 0 bridgehead atoms. The van der Waals surface area contributed by atoms with Crippen LogP contribution in [0.1, 0.15) is 51.1 Å². The van der Waals surface area contributed by atoms with Crippen molar-refractivity contribution >= 4 is 5.83 Å². The van der Waals surface area contributed by atoms with Gasteiger partial charge in [-0.3, -0.25) is 0 Å². The highest BCUT2D eigenvalue weighted by atomic mass is 19.1. The fraction of sp³-hybridized carbons (Fsp3) is 0.444. The molecule has 2 rings (SSSR count). The van der Waals surface area contributed by atoms with E-state index in [0.717, 1.165) is 30.7 Å². The van der Waals surface area contributed by atoms with Gasteiger partial charge in [0.15, 0.2) is 0 Å². The number of benzene rings is 1. The maximum atomic E-state index is 14.1. The van der Waals surface area contributed by atoms with Crippen LogP contribution in [0.25, 0.3) is 11.5 Å². The van der Waals surface area contributed by atoms with Gasteiger partial charge in [0, 0.05) is 0 Å². The van der Waals surface area contributed by atoms with Crippen molar-refractivity contribution < 1.29 is 9.13 Å². The average molecular weight is 317 g/mol. The van der Waals surface area contributed by atoms with Gasteiger partial charge in [0.2, 0.25) is 0 Å². The van der Waals surface area contributed by atoms with E-state index in [1.54, 1.807) is 24.1 Å². The molecule has 23 heavy (non-hydrogen) atoms. The third kappa shape index (κ3) is 5.20. The summed E-state index contributed by atoms with van der Waals surface area (Å²) in [6.45, 7) is 2.19. The molecule has 0 saturated heterocycles. The average Bonchev–Trinajstić information content (AvgIpc) is 3.08. The van der Waals surface area contributed by atoms with Gasteiger partial charge in [-0.05, 0) is 43.2 Å². The van der Waals surface area contributed by atoms with Crippen molar-refractivity contribution in [2.75, 3.05) is 7.11 Å². The van der Waals surface area contributed by atoms with Crippen molar-refractivity contribution in [3.8, 4) is 11.4 Å². The highest BCUT2D eigenvalue weighted by Crippen LogP contribution is 2.18. The SMILES string of the molecule is CCCCCCC/C=C(\F)c1cn(-c2ccc(OC)cc2)nn1. The second-order valence-corrected chi connectivity index (χ2v) is 5.50. The lowest BCUT2D eigenvalue weighted by atomic mass is 10.1. The molecule has 4 nitrogen and oxygen atoms in total. The lowest BCUT2D eigenvalue weighted by molar-refractivity contribution is 0.414. The molecule has 0 aliphatic rings. The molecule has 2 aromatic rings. The smallest absolute Gasteiger partial charge is 0.148 e. The van der Waals surface area contributed by atoms with Crippen molar-refractivity contribution in [3.63, 3.8) is 0 Å². The van der Waals surface area contributed by atoms with Gasteiger partial charge in [-0.25, -0.2) is 9.07 Å². The summed E-state index contributed by atoms with van der Waals surface area (Å²) in [6.07, 6.45) is 9.81. The quantitative estimate of drug-likeness (QED) is 0.615. The third-order valence-electron chi connectivity index (χ3n) is 3.71. The van der Waals surface area contributed by atoms with Crippen LogP contribution in [0.3, 0.4) is 0 Å². The fourth-order valence-electron chi connectivity index (χ4n) is 2.32. The predicted octanol–water partition coefficient (Wildman–Crippen LogP) is 4.95. The standard InChI is InChI=1S/C18H24FN3O/c1-3-4-5-6-7-8-9-17(19)18-14-22(21-20-18)15-10-12-16(23-2)13-11-15/h9-14H,3-8H2,1-2H3/b17-9-. The fourth-order valence-corrected chi connectivity index (χ4v) is 2.32. The van der Waals surface area contributed by atoms with Gasteiger partial charge in [-0.2, -0.15) is 0 Å². The third-order valence-corrected chi connectivity index (χ3v) is 3.71. The minimum Gasteiger partial charge on any atom is -0.497 e. The van der Waals surface area contributed by atoms with E-state index in [1.165, 1.54) is 19.3 Å². The summed E-state index contributed by atoms with van der Waals surface area (Å²) >= 11 is 0. The molecule has 0 aliphatic heterocycles. The predicted molar refractivity (Wildman–Crippen MR) is 90.4 cm³/mol. The van der Waals surface area contributed by atoms with Gasteiger partial charge in [0.05, 0.1) is 19.0 Å². The summed E-state index contributed by atoms with van der Waals surface area (Å²) in [5.41, 5.74) is 1.09. The Hall–Kier alpha value is -2.17. The molecule has 1 heterocycles. The molecule has 0 unspecified atom stereocenters. The number of halogens is 1. The summed E-state index contributed by atoms with van der Waals surface area (Å²) in [5, 5.41) is 7.88. The van der Waals surface area contributed by atoms with Crippen molar-refractivity contribution in [2.24, 2.45) is 0 Å². The molecule has 0 radical (unpaired) electrons. The summed E-state index contributed by atoms with van der Waals surface area (Å²) in [7, 11) is 1.62. The topological polar surface area (TPSA) is 39.9 Å². The van der Waals surface area contributed by atoms with E-state index < -0.39 is 0 Å². The molecule has 1 aromatic heterocycles. The summed E-state index contributed by atoms with van der Waals surface area (Å²) in [4.78, 5) is 0. The minimum absolute atomic E-state index is 0.273. The summed E-state index contributed by atoms with van der Waals surface area (Å²) in [6, 6.07) is 7.37. The normalized spacial score (nSPS) is 11.7. The van der Waals surface area contributed by atoms with E-state index in [9.17, 15) is 4.39 Å². The van der Waals surface area contributed by atoms with Gasteiger partial charge in [0.1, 0.15) is 17.3 Å². The summed E-state index contributed by atoms with van der Waals surface area (Å²) in [5.74, 6) is 0.462. The van der Waals surface area contributed by atoms with E-state index in [2.05, 4.69) is 17.2 Å². The first-order valence-corrected chi connectivity index (χ1v) is 8.17. The lowest BCUT2D eigenvalue weighted by Crippen LogP contribution is -1.94. The molecule has 0 aliphatic carbocycles. The number of allylic oxidation sites excluding steroid dienone is 1. The lowest BCUT2D eigenvalue weighted by Gasteiger charge is -2.01. The monoisotopic (exact) mass is 317 g/mol. The van der Waals surface area contributed by atoms with E-state index in [1.807, 2.05) is 24.3 Å². The Morgan fingerprint density at radius 2 is 1.91 bits per heavy atom. The van der Waals surface area contributed by atoms with Crippen LogP contribution in [-0.2, 0) is 0 Å². The molecule has 0 saturated carbocycles. The number of rotatable bonds is 9. The van der Waals surface area contributed by atoms with Crippen LogP contribution < -0.4 is 4.74 Å². The van der Waals surface area contributed by atoms with Crippen molar-refractivity contribution in [2.45, 2.75) is 45.4 Å². The zero-order valence-corrected chi connectivity index (χ0v) is 13.8. The van der Waals surface area contributed by atoms with Crippen molar-refractivity contribution in [1.29, 1.82) is 0 Å². The molecule has 1 aromatic carbocycles. The van der Waals surface area contributed by atoms with E-state index >= 15 is 0 Å². The highest BCUT2D eigenvalue weighted by molar-refractivity contribution is 5.54. The zero-order valence-electron chi connectivity index (χ0n) is 13.8. The number of hydrogen-bond donors (Lipinski definition) is 0. The largest absolute Gasteiger partial charge is 0.497 e.